The van der Waals surface area contributed by atoms with Gasteiger partial charge in [0.15, 0.2) is 0 Å². The largest absolute Gasteiger partial charge is 0.497 e. The number of hydrogen-bond donors (Lipinski definition) is 1. The van der Waals surface area contributed by atoms with E-state index in [0.717, 1.165) is 11.6 Å². The molecule has 1 N–H and O–H groups in total. The van der Waals surface area contributed by atoms with Crippen molar-refractivity contribution in [2.24, 2.45) is 0 Å². The number of carbonyl (C=O) groups excluding carboxylic acids is 3. The van der Waals surface area contributed by atoms with Crippen LogP contribution in [-0.2, 0) is 11.3 Å². The van der Waals surface area contributed by atoms with Gasteiger partial charge in [0.25, 0.3) is 11.8 Å². The number of likely N-dealkylation sites (N-methyl/N-ethyl adjacent to an activating group) is 1. The van der Waals surface area contributed by atoms with E-state index in [-0.39, 0.29) is 27.6 Å². The van der Waals surface area contributed by atoms with Gasteiger partial charge in [-0.15, -0.1) is 0 Å². The van der Waals surface area contributed by atoms with E-state index in [1.165, 1.54) is 36.2 Å². The summed E-state index contributed by atoms with van der Waals surface area (Å²) in [6.07, 6.45) is 1.32. The van der Waals surface area contributed by atoms with Crippen molar-refractivity contribution in [1.82, 2.24) is 5.32 Å². The van der Waals surface area contributed by atoms with Crippen molar-refractivity contribution >= 4 is 41.0 Å². The zero-order valence-corrected chi connectivity index (χ0v) is 19.2. The molecule has 6 nitrogen and oxygen atoms in total. The predicted molar refractivity (Wildman–Crippen MR) is 128 cm³/mol. The number of benzene rings is 3. The molecule has 34 heavy (non-hydrogen) atoms. The minimum absolute atomic E-state index is 0.0591. The van der Waals surface area contributed by atoms with Gasteiger partial charge in [0.1, 0.15) is 11.6 Å². The molecule has 0 aromatic heterocycles. The second-order valence-corrected chi connectivity index (χ2v) is 8.09. The predicted octanol–water partition coefficient (Wildman–Crippen LogP) is 4.66. The van der Waals surface area contributed by atoms with E-state index >= 15 is 0 Å². The third kappa shape index (κ3) is 4.56. The van der Waals surface area contributed by atoms with Crippen molar-refractivity contribution in [3.63, 3.8) is 0 Å². The van der Waals surface area contributed by atoms with Gasteiger partial charge in [0.2, 0.25) is 5.78 Å². The Morgan fingerprint density at radius 3 is 2.50 bits per heavy atom. The Balaban J connectivity index is 1.59. The SMILES string of the molecule is COc1ccc(CNC(=O)c2ccc3c(c2)C(=O)/C(=C/c2ccc(Cl)c(F)c2)C(=O)N3C)cc1. The van der Waals surface area contributed by atoms with E-state index in [4.69, 9.17) is 16.3 Å². The molecule has 2 amide bonds. The van der Waals surface area contributed by atoms with Crippen LogP contribution in [0.5, 0.6) is 5.75 Å². The van der Waals surface area contributed by atoms with Crippen molar-refractivity contribution in [2.75, 3.05) is 19.1 Å². The Morgan fingerprint density at radius 2 is 1.82 bits per heavy atom. The molecule has 4 rings (SSSR count). The van der Waals surface area contributed by atoms with Crippen LogP contribution >= 0.6 is 11.6 Å². The lowest BCUT2D eigenvalue weighted by molar-refractivity contribution is -0.114. The summed E-state index contributed by atoms with van der Waals surface area (Å²) < 4.78 is 19.0. The average Bonchev–Trinajstić information content (AvgIpc) is 2.85. The van der Waals surface area contributed by atoms with Crippen LogP contribution < -0.4 is 15.0 Å². The highest BCUT2D eigenvalue weighted by Gasteiger charge is 2.33. The van der Waals surface area contributed by atoms with Crippen LogP contribution in [0.2, 0.25) is 5.02 Å². The minimum Gasteiger partial charge on any atom is -0.497 e. The highest BCUT2D eigenvalue weighted by molar-refractivity contribution is 6.36. The Labute approximate surface area is 200 Å². The van der Waals surface area contributed by atoms with Gasteiger partial charge in [-0.1, -0.05) is 29.8 Å². The quantitative estimate of drug-likeness (QED) is 0.427. The molecule has 1 heterocycles. The average molecular weight is 479 g/mol. The molecular formula is C26H20ClFN2O4. The Morgan fingerprint density at radius 1 is 1.09 bits per heavy atom. The van der Waals surface area contributed by atoms with E-state index in [2.05, 4.69) is 5.32 Å². The lowest BCUT2D eigenvalue weighted by Crippen LogP contribution is -2.37. The summed E-state index contributed by atoms with van der Waals surface area (Å²) in [6, 6.07) is 15.9. The summed E-state index contributed by atoms with van der Waals surface area (Å²) in [4.78, 5) is 40.0. The zero-order chi connectivity index (χ0) is 24.4. The van der Waals surface area contributed by atoms with E-state index < -0.39 is 17.5 Å². The van der Waals surface area contributed by atoms with E-state index in [0.29, 0.717) is 23.5 Å². The van der Waals surface area contributed by atoms with E-state index in [9.17, 15) is 18.8 Å². The minimum atomic E-state index is -0.656. The van der Waals surface area contributed by atoms with Crippen LogP contribution in [-0.4, -0.2) is 31.8 Å². The van der Waals surface area contributed by atoms with Crippen molar-refractivity contribution in [3.8, 4) is 5.75 Å². The fourth-order valence-corrected chi connectivity index (χ4v) is 3.73. The Bertz CT molecular complexity index is 1340. The van der Waals surface area contributed by atoms with Gasteiger partial charge in [-0.25, -0.2) is 4.39 Å². The monoisotopic (exact) mass is 478 g/mol. The maximum Gasteiger partial charge on any atom is 0.262 e. The van der Waals surface area contributed by atoms with Gasteiger partial charge in [0.05, 0.1) is 23.4 Å². The van der Waals surface area contributed by atoms with Crippen LogP contribution in [0.4, 0.5) is 10.1 Å². The topological polar surface area (TPSA) is 75.7 Å². The summed E-state index contributed by atoms with van der Waals surface area (Å²) >= 11 is 5.72. The number of anilines is 1. The normalized spacial score (nSPS) is 14.2. The van der Waals surface area contributed by atoms with Crippen molar-refractivity contribution in [2.45, 2.75) is 6.54 Å². The highest BCUT2D eigenvalue weighted by atomic mass is 35.5. The summed E-state index contributed by atoms with van der Waals surface area (Å²) in [7, 11) is 3.11. The Hall–Kier alpha value is -3.97. The first-order valence-corrected chi connectivity index (χ1v) is 10.7. The number of fused-ring (bicyclic) bond motifs is 1. The van der Waals surface area contributed by atoms with Crippen molar-refractivity contribution < 1.29 is 23.5 Å². The number of rotatable bonds is 5. The molecule has 0 spiro atoms. The van der Waals surface area contributed by atoms with Crippen LogP contribution in [0.1, 0.15) is 31.8 Å². The number of amides is 2. The lowest BCUT2D eigenvalue weighted by atomic mass is 9.92. The number of Topliss-reactive ketones (excluding diaryl/α,β-unsaturated/α-hetero) is 1. The molecule has 0 saturated heterocycles. The smallest absolute Gasteiger partial charge is 0.262 e. The molecule has 0 fully saturated rings. The summed E-state index contributed by atoms with van der Waals surface area (Å²) in [5.74, 6) is -1.37. The number of halogens is 2. The van der Waals surface area contributed by atoms with Crippen LogP contribution in [0.25, 0.3) is 6.08 Å². The number of ketones is 1. The molecule has 172 valence electrons. The molecule has 0 atom stereocenters. The summed E-state index contributed by atoms with van der Waals surface area (Å²) in [5, 5.41) is 2.76. The van der Waals surface area contributed by atoms with Gasteiger partial charge in [-0.05, 0) is 59.7 Å². The fraction of sp³-hybridized carbons (Fsp3) is 0.115. The van der Waals surface area contributed by atoms with Gasteiger partial charge < -0.3 is 15.0 Å². The number of nitrogens with zero attached hydrogens (tertiary/aromatic N) is 1. The molecule has 0 bridgehead atoms. The lowest BCUT2D eigenvalue weighted by Gasteiger charge is -2.27. The molecule has 0 saturated carbocycles. The van der Waals surface area contributed by atoms with Gasteiger partial charge in [0, 0.05) is 24.7 Å². The van der Waals surface area contributed by atoms with Gasteiger partial charge in [-0.2, -0.15) is 0 Å². The Kier molecular flexibility index (Phi) is 6.47. The molecule has 0 unspecified atom stereocenters. The molecule has 0 radical (unpaired) electrons. The van der Waals surface area contributed by atoms with Crippen LogP contribution in [0, 0.1) is 5.82 Å². The van der Waals surface area contributed by atoms with Crippen LogP contribution in [0.15, 0.2) is 66.2 Å². The number of hydrogen-bond acceptors (Lipinski definition) is 4. The number of nitrogens with one attached hydrogen (secondary N) is 1. The number of methoxy groups -OCH3 is 1. The highest BCUT2D eigenvalue weighted by Crippen LogP contribution is 2.31. The first-order chi connectivity index (χ1) is 16.3. The molecule has 3 aromatic carbocycles. The number of carbonyl (C=O) groups is 3. The molecular weight excluding hydrogens is 459 g/mol. The maximum atomic E-state index is 13.8. The van der Waals surface area contributed by atoms with E-state index in [1.54, 1.807) is 31.4 Å². The first kappa shape index (κ1) is 23.2. The summed E-state index contributed by atoms with van der Waals surface area (Å²) in [6.45, 7) is 0.291. The molecule has 0 aliphatic carbocycles. The third-order valence-electron chi connectivity index (χ3n) is 5.51. The third-order valence-corrected chi connectivity index (χ3v) is 5.82. The molecule has 1 aliphatic heterocycles. The fourth-order valence-electron chi connectivity index (χ4n) is 3.61. The van der Waals surface area contributed by atoms with E-state index in [1.807, 2.05) is 12.1 Å². The molecule has 3 aromatic rings. The molecule has 8 heteroatoms. The van der Waals surface area contributed by atoms with Crippen LogP contribution in [0.3, 0.4) is 0 Å². The van der Waals surface area contributed by atoms with Gasteiger partial charge >= 0.3 is 0 Å². The van der Waals surface area contributed by atoms with Crippen molar-refractivity contribution in [3.05, 3.63) is 99.3 Å². The zero-order valence-electron chi connectivity index (χ0n) is 18.4. The second kappa shape index (κ2) is 9.49. The molecule has 1 aliphatic rings. The van der Waals surface area contributed by atoms with Crippen molar-refractivity contribution in [1.29, 1.82) is 0 Å². The second-order valence-electron chi connectivity index (χ2n) is 7.69. The first-order valence-electron chi connectivity index (χ1n) is 10.3. The number of ether oxygens (including phenoxy) is 1. The standard InChI is InChI=1S/C26H20ClFN2O4/c1-30-23-10-6-17(25(32)29-14-15-3-7-18(34-2)8-4-15)13-19(23)24(31)20(26(30)33)11-16-5-9-21(27)22(28)12-16/h3-13H,14H2,1-2H3,(H,29,32)/b20-11-. The van der Waals surface area contributed by atoms with Gasteiger partial charge in [-0.3, -0.25) is 14.4 Å². The maximum absolute atomic E-state index is 13.8. The summed E-state index contributed by atoms with van der Waals surface area (Å²) in [5.41, 5.74) is 1.95.